The van der Waals surface area contributed by atoms with Gasteiger partial charge in [0, 0.05) is 24.6 Å². The van der Waals surface area contributed by atoms with Crippen molar-refractivity contribution in [2.45, 2.75) is 38.7 Å². The van der Waals surface area contributed by atoms with E-state index in [0.717, 1.165) is 10.6 Å². The summed E-state index contributed by atoms with van der Waals surface area (Å²) in [5.41, 5.74) is 1.63. The zero-order chi connectivity index (χ0) is 24.9. The van der Waals surface area contributed by atoms with Crippen molar-refractivity contribution in [3.05, 3.63) is 47.4 Å². The molecule has 0 spiro atoms. The zero-order valence-corrected chi connectivity index (χ0v) is 19.5. The fourth-order valence-corrected chi connectivity index (χ4v) is 3.32. The minimum absolute atomic E-state index is 0. The zero-order valence-electron chi connectivity index (χ0n) is 18.7. The van der Waals surface area contributed by atoms with Crippen LogP contribution in [-0.4, -0.2) is 97.5 Å². The Morgan fingerprint density at radius 1 is 1.15 bits per heavy atom. The number of carboxylic acid groups (broad SMARTS) is 1. The molecule has 0 bridgehead atoms. The SMILES string of the molecule is CC(C)c1nc(N(C)S(C)(=O)=O)nc(-c2ccc(F)cc2)c1/C=C/C(=O)C[C@@H](O)CC(=O)O.[CaH2]. The summed E-state index contributed by atoms with van der Waals surface area (Å²) in [5.74, 6) is -2.49. The molecule has 0 fully saturated rings. The van der Waals surface area contributed by atoms with Crippen LogP contribution in [0, 0.1) is 5.82 Å². The summed E-state index contributed by atoms with van der Waals surface area (Å²) in [7, 11) is -2.35. The summed E-state index contributed by atoms with van der Waals surface area (Å²) >= 11 is 0. The standard InChI is InChI=1S/C22H26FN3O6S.Ca.2H/c1-13(2)20-18(10-9-16(27)11-17(28)12-19(29)30)21(14-5-7-15(23)8-6-14)25-22(24-20)26(3)33(4,31)32;;;/h5-10,13,17,28H,11-12H2,1-4H3,(H,29,30);;;/b10-9+;;;/t17-;;;/m1.../s1. The van der Waals surface area contributed by atoms with Gasteiger partial charge in [0.2, 0.25) is 16.0 Å². The number of ketones is 1. The van der Waals surface area contributed by atoms with E-state index >= 15 is 0 Å². The number of aliphatic hydroxyl groups excluding tert-OH is 1. The first kappa shape index (κ1) is 30.1. The number of nitrogens with zero attached hydrogens (tertiary/aromatic N) is 3. The van der Waals surface area contributed by atoms with Crippen LogP contribution in [0.3, 0.4) is 0 Å². The van der Waals surface area contributed by atoms with Gasteiger partial charge in [-0.2, -0.15) is 0 Å². The van der Waals surface area contributed by atoms with Gasteiger partial charge in [-0.3, -0.25) is 9.59 Å². The van der Waals surface area contributed by atoms with Crippen LogP contribution in [0.1, 0.15) is 43.9 Å². The fourth-order valence-electron chi connectivity index (χ4n) is 2.95. The van der Waals surface area contributed by atoms with Gasteiger partial charge >= 0.3 is 43.7 Å². The van der Waals surface area contributed by atoms with Gasteiger partial charge in [0.25, 0.3) is 0 Å². The summed E-state index contributed by atoms with van der Waals surface area (Å²) in [5, 5.41) is 18.4. The first-order chi connectivity index (χ1) is 15.3. The van der Waals surface area contributed by atoms with Crippen molar-refractivity contribution in [3.8, 4) is 11.3 Å². The third kappa shape index (κ3) is 8.38. The maximum absolute atomic E-state index is 13.5. The van der Waals surface area contributed by atoms with Crippen LogP contribution < -0.4 is 4.31 Å². The molecular weight excluding hydrogens is 493 g/mol. The van der Waals surface area contributed by atoms with E-state index in [-0.39, 0.29) is 61.7 Å². The number of hydrogen-bond acceptors (Lipinski definition) is 7. The second-order valence-electron chi connectivity index (χ2n) is 7.82. The molecule has 1 aromatic carbocycles. The molecule has 0 saturated carbocycles. The van der Waals surface area contributed by atoms with Crippen LogP contribution in [0.4, 0.5) is 10.3 Å². The van der Waals surface area contributed by atoms with Gasteiger partial charge in [-0.15, -0.1) is 0 Å². The minimum atomic E-state index is -3.67. The van der Waals surface area contributed by atoms with Crippen molar-refractivity contribution < 1.29 is 32.6 Å². The Labute approximate surface area is 227 Å². The first-order valence-electron chi connectivity index (χ1n) is 10.0. The van der Waals surface area contributed by atoms with Crippen molar-refractivity contribution in [2.24, 2.45) is 0 Å². The molecule has 0 aliphatic rings. The van der Waals surface area contributed by atoms with Gasteiger partial charge in [-0.25, -0.2) is 27.1 Å². The molecule has 0 radical (unpaired) electrons. The number of benzene rings is 1. The second kappa shape index (κ2) is 12.7. The number of aliphatic hydroxyl groups is 1. The third-order valence-corrected chi connectivity index (χ3v) is 5.85. The Kier molecular flexibility index (Phi) is 11.2. The summed E-state index contributed by atoms with van der Waals surface area (Å²) in [6.07, 6.45) is 1.35. The molecule has 0 amide bonds. The van der Waals surface area contributed by atoms with E-state index in [1.807, 2.05) is 13.8 Å². The number of carbonyl (C=O) groups excluding carboxylic acids is 1. The molecule has 2 aromatic rings. The monoisotopic (exact) mass is 521 g/mol. The summed E-state index contributed by atoms with van der Waals surface area (Å²) in [4.78, 5) is 31.7. The number of halogens is 1. The Hall–Kier alpha value is -1.92. The third-order valence-electron chi connectivity index (χ3n) is 4.69. The average molecular weight is 522 g/mol. The molecule has 2 rings (SSSR count). The Balaban J connectivity index is 0.00000578. The number of hydrogen-bond donors (Lipinski definition) is 2. The van der Waals surface area contributed by atoms with E-state index in [1.54, 1.807) is 0 Å². The molecular formula is C22H28CaFN3O6S. The van der Waals surface area contributed by atoms with Gasteiger partial charge in [0.1, 0.15) is 5.82 Å². The van der Waals surface area contributed by atoms with Crippen LogP contribution in [0.15, 0.2) is 30.3 Å². The van der Waals surface area contributed by atoms with E-state index in [0.29, 0.717) is 16.8 Å². The van der Waals surface area contributed by atoms with E-state index < -0.39 is 40.1 Å². The van der Waals surface area contributed by atoms with Crippen molar-refractivity contribution >= 4 is 71.5 Å². The van der Waals surface area contributed by atoms with Crippen molar-refractivity contribution in [3.63, 3.8) is 0 Å². The molecule has 0 unspecified atom stereocenters. The number of rotatable bonds is 10. The average Bonchev–Trinajstić information content (AvgIpc) is 2.70. The molecule has 2 N–H and O–H groups in total. The number of anilines is 1. The molecule has 9 nitrogen and oxygen atoms in total. The van der Waals surface area contributed by atoms with Gasteiger partial charge < -0.3 is 10.2 Å². The second-order valence-corrected chi connectivity index (χ2v) is 9.83. The van der Waals surface area contributed by atoms with Gasteiger partial charge in [0.05, 0.1) is 30.2 Å². The van der Waals surface area contributed by atoms with E-state index in [2.05, 4.69) is 9.97 Å². The predicted octanol–water partition coefficient (Wildman–Crippen LogP) is 1.69. The van der Waals surface area contributed by atoms with Gasteiger partial charge in [-0.05, 0) is 42.3 Å². The number of carboxylic acids is 1. The Morgan fingerprint density at radius 3 is 2.24 bits per heavy atom. The molecule has 0 saturated heterocycles. The van der Waals surface area contributed by atoms with E-state index in [9.17, 15) is 27.5 Å². The maximum atomic E-state index is 13.5. The first-order valence-corrected chi connectivity index (χ1v) is 11.9. The molecule has 1 atom stereocenters. The topological polar surface area (TPSA) is 138 Å². The molecule has 0 aliphatic heterocycles. The normalized spacial score (nSPS) is 12.4. The van der Waals surface area contributed by atoms with Crippen molar-refractivity contribution in [1.29, 1.82) is 0 Å². The van der Waals surface area contributed by atoms with Gasteiger partial charge in [0.15, 0.2) is 5.78 Å². The predicted molar refractivity (Wildman–Crippen MR) is 130 cm³/mol. The molecule has 182 valence electrons. The number of aromatic nitrogens is 2. The van der Waals surface area contributed by atoms with Crippen LogP contribution >= 0.6 is 0 Å². The number of allylic oxidation sites excluding steroid dienone is 1. The number of aliphatic carboxylic acids is 1. The fraction of sp³-hybridized carbons (Fsp3) is 0.364. The Bertz CT molecular complexity index is 1170. The molecule has 0 aliphatic carbocycles. The number of sulfonamides is 1. The summed E-state index contributed by atoms with van der Waals surface area (Å²) in [6, 6.07) is 5.41. The van der Waals surface area contributed by atoms with Gasteiger partial charge in [-0.1, -0.05) is 13.8 Å². The molecule has 1 aromatic heterocycles. The van der Waals surface area contributed by atoms with Crippen LogP contribution in [0.25, 0.3) is 17.3 Å². The summed E-state index contributed by atoms with van der Waals surface area (Å²) < 4.78 is 38.5. The summed E-state index contributed by atoms with van der Waals surface area (Å²) in [6.45, 7) is 3.66. The van der Waals surface area contributed by atoms with Crippen molar-refractivity contribution in [1.82, 2.24) is 9.97 Å². The van der Waals surface area contributed by atoms with Crippen LogP contribution in [0.5, 0.6) is 0 Å². The number of carbonyl (C=O) groups is 2. The van der Waals surface area contributed by atoms with Crippen LogP contribution in [-0.2, 0) is 19.6 Å². The quantitative estimate of drug-likeness (QED) is 0.356. The van der Waals surface area contributed by atoms with Crippen molar-refractivity contribution in [2.75, 3.05) is 17.6 Å². The van der Waals surface area contributed by atoms with E-state index in [4.69, 9.17) is 5.11 Å². The Morgan fingerprint density at radius 2 is 1.74 bits per heavy atom. The molecule has 12 heteroatoms. The molecule has 1 heterocycles. The van der Waals surface area contributed by atoms with E-state index in [1.165, 1.54) is 43.5 Å². The molecule has 34 heavy (non-hydrogen) atoms. The van der Waals surface area contributed by atoms with Crippen LogP contribution in [0.2, 0.25) is 0 Å².